The molecule has 1 fully saturated rings. The van der Waals surface area contributed by atoms with Crippen molar-refractivity contribution in [1.82, 2.24) is 19.9 Å². The van der Waals surface area contributed by atoms with Crippen LogP contribution in [0.5, 0.6) is 0 Å². The first-order chi connectivity index (χ1) is 14.3. The Kier molecular flexibility index (Phi) is 5.27. The minimum absolute atomic E-state index is 0.0125. The third-order valence-electron chi connectivity index (χ3n) is 4.95. The van der Waals surface area contributed by atoms with Crippen molar-refractivity contribution in [3.63, 3.8) is 0 Å². The second-order valence-corrected chi connectivity index (χ2v) is 7.64. The van der Waals surface area contributed by atoms with Gasteiger partial charge in [-0.15, -0.1) is 0 Å². The van der Waals surface area contributed by atoms with Crippen LogP contribution in [0, 0.1) is 6.92 Å². The average Bonchev–Trinajstić information content (AvgIpc) is 3.44. The van der Waals surface area contributed by atoms with Crippen molar-refractivity contribution in [3.05, 3.63) is 70.5 Å². The molecule has 0 atom stereocenters. The normalized spacial score (nSPS) is 14.0. The average molecular weight is 435 g/mol. The highest BCUT2D eigenvalue weighted by atomic mass is 35.5. The van der Waals surface area contributed by atoms with Gasteiger partial charge < -0.3 is 9.88 Å². The molecule has 3 aromatic rings. The predicted molar refractivity (Wildman–Crippen MR) is 106 cm³/mol. The van der Waals surface area contributed by atoms with E-state index in [9.17, 15) is 18.0 Å². The summed E-state index contributed by atoms with van der Waals surface area (Å²) in [5.74, 6) is -0.363. The van der Waals surface area contributed by atoms with Crippen molar-refractivity contribution in [2.45, 2.75) is 38.5 Å². The third kappa shape index (κ3) is 4.05. The summed E-state index contributed by atoms with van der Waals surface area (Å²) in [6.45, 7) is 1.10. The molecule has 1 saturated carbocycles. The van der Waals surface area contributed by atoms with E-state index in [0.717, 1.165) is 17.4 Å². The number of benzene rings is 1. The number of rotatable bonds is 5. The first-order valence-electron chi connectivity index (χ1n) is 9.38. The highest BCUT2D eigenvalue weighted by Crippen LogP contribution is 2.41. The van der Waals surface area contributed by atoms with Crippen LogP contribution in [0.3, 0.4) is 0 Å². The molecule has 30 heavy (non-hydrogen) atoms. The number of hydrogen-bond acceptors (Lipinski definition) is 3. The lowest BCUT2D eigenvalue weighted by atomic mass is 10.0. The van der Waals surface area contributed by atoms with Gasteiger partial charge in [-0.2, -0.15) is 13.2 Å². The van der Waals surface area contributed by atoms with Gasteiger partial charge in [0.25, 0.3) is 5.91 Å². The van der Waals surface area contributed by atoms with Gasteiger partial charge in [0.1, 0.15) is 17.2 Å². The number of amides is 1. The molecule has 0 saturated heterocycles. The maximum absolute atomic E-state index is 14.1. The molecule has 1 aliphatic carbocycles. The number of halogens is 4. The Morgan fingerprint density at radius 1 is 1.20 bits per heavy atom. The van der Waals surface area contributed by atoms with Crippen molar-refractivity contribution >= 4 is 17.5 Å². The minimum atomic E-state index is -4.67. The third-order valence-corrected chi connectivity index (χ3v) is 5.21. The van der Waals surface area contributed by atoms with Gasteiger partial charge in [-0.3, -0.25) is 4.79 Å². The van der Waals surface area contributed by atoms with E-state index >= 15 is 0 Å². The number of alkyl halides is 3. The van der Waals surface area contributed by atoms with E-state index in [0.29, 0.717) is 10.6 Å². The van der Waals surface area contributed by atoms with Gasteiger partial charge in [0, 0.05) is 29.0 Å². The molecular formula is C21H18ClF3N4O. The van der Waals surface area contributed by atoms with Crippen LogP contribution in [0.15, 0.2) is 42.7 Å². The van der Waals surface area contributed by atoms with Crippen molar-refractivity contribution in [2.24, 2.45) is 0 Å². The van der Waals surface area contributed by atoms with Gasteiger partial charge >= 0.3 is 6.18 Å². The summed E-state index contributed by atoms with van der Waals surface area (Å²) < 4.78 is 43.3. The van der Waals surface area contributed by atoms with Crippen LogP contribution in [0.25, 0.3) is 11.1 Å². The molecule has 0 radical (unpaired) electrons. The van der Waals surface area contributed by atoms with Crippen molar-refractivity contribution in [1.29, 1.82) is 0 Å². The summed E-state index contributed by atoms with van der Waals surface area (Å²) >= 11 is 5.95. The SMILES string of the molecule is Cc1c(-c2ccc(Cl)cc2)c(C(=O)NC2CC2)n(Cc2ncccn2)c1C(F)(F)F. The number of carbonyl (C=O) groups excluding carboxylic acids is 1. The van der Waals surface area contributed by atoms with Gasteiger partial charge in [-0.05, 0) is 49.1 Å². The lowest BCUT2D eigenvalue weighted by Gasteiger charge is -2.15. The summed E-state index contributed by atoms with van der Waals surface area (Å²) in [5.41, 5.74) is -0.256. The molecule has 0 aliphatic heterocycles. The molecule has 0 unspecified atom stereocenters. The second kappa shape index (κ2) is 7.75. The van der Waals surface area contributed by atoms with Gasteiger partial charge in [0.2, 0.25) is 0 Å². The molecule has 2 aromatic heterocycles. The maximum atomic E-state index is 14.1. The number of nitrogens with one attached hydrogen (secondary N) is 1. The fourth-order valence-electron chi connectivity index (χ4n) is 3.51. The number of aromatic nitrogens is 3. The van der Waals surface area contributed by atoms with Crippen LogP contribution in [0.1, 0.15) is 40.4 Å². The zero-order valence-corrected chi connectivity index (χ0v) is 16.8. The molecule has 0 spiro atoms. The van der Waals surface area contributed by atoms with E-state index in [4.69, 9.17) is 11.6 Å². The fraction of sp³-hybridized carbons (Fsp3) is 0.286. The minimum Gasteiger partial charge on any atom is -0.348 e. The highest BCUT2D eigenvalue weighted by molar-refractivity contribution is 6.30. The molecule has 1 aliphatic rings. The zero-order valence-electron chi connectivity index (χ0n) is 16.0. The molecule has 5 nitrogen and oxygen atoms in total. The van der Waals surface area contributed by atoms with Crippen LogP contribution in [-0.4, -0.2) is 26.5 Å². The molecule has 9 heteroatoms. The summed E-state index contributed by atoms with van der Waals surface area (Å²) in [7, 11) is 0. The maximum Gasteiger partial charge on any atom is 0.431 e. The Hall–Kier alpha value is -2.87. The highest BCUT2D eigenvalue weighted by Gasteiger charge is 2.41. The first-order valence-corrected chi connectivity index (χ1v) is 9.76. The van der Waals surface area contributed by atoms with Crippen LogP contribution >= 0.6 is 11.6 Å². The van der Waals surface area contributed by atoms with Gasteiger partial charge in [0.05, 0.1) is 6.54 Å². The van der Waals surface area contributed by atoms with Crippen LogP contribution in [-0.2, 0) is 12.7 Å². The van der Waals surface area contributed by atoms with E-state index in [2.05, 4.69) is 15.3 Å². The van der Waals surface area contributed by atoms with Crippen molar-refractivity contribution < 1.29 is 18.0 Å². The number of carbonyl (C=O) groups is 1. The summed E-state index contributed by atoms with van der Waals surface area (Å²) in [4.78, 5) is 21.2. The zero-order chi connectivity index (χ0) is 21.5. The number of hydrogen-bond donors (Lipinski definition) is 1. The monoisotopic (exact) mass is 434 g/mol. The van der Waals surface area contributed by atoms with E-state index in [-0.39, 0.29) is 35.2 Å². The predicted octanol–water partition coefficient (Wildman–Crippen LogP) is 4.87. The summed E-state index contributed by atoms with van der Waals surface area (Å²) in [6, 6.07) is 7.97. The van der Waals surface area contributed by atoms with Gasteiger partial charge in [-0.1, -0.05) is 23.7 Å². The quantitative estimate of drug-likeness (QED) is 0.623. The summed E-state index contributed by atoms with van der Waals surface area (Å²) in [5, 5.41) is 3.27. The van der Waals surface area contributed by atoms with E-state index < -0.39 is 17.8 Å². The van der Waals surface area contributed by atoms with Crippen molar-refractivity contribution in [2.75, 3.05) is 0 Å². The molecule has 4 rings (SSSR count). The lowest BCUT2D eigenvalue weighted by Crippen LogP contribution is -2.29. The van der Waals surface area contributed by atoms with Crippen LogP contribution in [0.2, 0.25) is 5.02 Å². The molecule has 1 N–H and O–H groups in total. The Morgan fingerprint density at radius 3 is 2.40 bits per heavy atom. The fourth-order valence-corrected chi connectivity index (χ4v) is 3.64. The molecule has 1 aromatic carbocycles. The van der Waals surface area contributed by atoms with Crippen LogP contribution in [0.4, 0.5) is 13.2 Å². The van der Waals surface area contributed by atoms with Crippen molar-refractivity contribution in [3.8, 4) is 11.1 Å². The summed E-state index contributed by atoms with van der Waals surface area (Å²) in [6.07, 6.45) is -0.130. The van der Waals surface area contributed by atoms with Crippen LogP contribution < -0.4 is 5.32 Å². The Morgan fingerprint density at radius 2 is 1.83 bits per heavy atom. The largest absolute Gasteiger partial charge is 0.431 e. The van der Waals surface area contributed by atoms with Gasteiger partial charge in [0.15, 0.2) is 0 Å². The Labute approximate surface area is 175 Å². The molecule has 2 heterocycles. The lowest BCUT2D eigenvalue weighted by molar-refractivity contribution is -0.143. The second-order valence-electron chi connectivity index (χ2n) is 7.20. The molecule has 1 amide bonds. The Bertz CT molecular complexity index is 1070. The van der Waals surface area contributed by atoms with E-state index in [1.54, 1.807) is 30.3 Å². The van der Waals surface area contributed by atoms with E-state index in [1.807, 2.05) is 0 Å². The molecule has 0 bridgehead atoms. The van der Waals surface area contributed by atoms with Gasteiger partial charge in [-0.25, -0.2) is 9.97 Å². The number of nitrogens with zero attached hydrogens (tertiary/aromatic N) is 3. The Balaban J connectivity index is 1.96. The smallest absolute Gasteiger partial charge is 0.348 e. The topological polar surface area (TPSA) is 59.8 Å². The standard InChI is InChI=1S/C21H18ClF3N4O/c1-12-17(13-3-5-14(22)6-4-13)18(20(30)28-15-7-8-15)29(19(12)21(23,24)25)11-16-26-9-2-10-27-16/h2-6,9-10,15H,7-8,11H2,1H3,(H,28,30). The first kappa shape index (κ1) is 20.4. The van der Waals surface area contributed by atoms with E-state index in [1.165, 1.54) is 19.3 Å². The molecular weight excluding hydrogens is 417 g/mol. The molecule has 156 valence electrons.